The van der Waals surface area contributed by atoms with Gasteiger partial charge in [-0.2, -0.15) is 0 Å². The van der Waals surface area contributed by atoms with Gasteiger partial charge in [0.15, 0.2) is 0 Å². The maximum atomic E-state index is 5.39. The van der Waals surface area contributed by atoms with E-state index in [9.17, 15) is 0 Å². The quantitative estimate of drug-likeness (QED) is 0.285. The molecule has 5 aliphatic heterocycles. The Bertz CT molecular complexity index is 1520. The van der Waals surface area contributed by atoms with E-state index < -0.39 is 0 Å². The van der Waals surface area contributed by atoms with Gasteiger partial charge in [0.25, 0.3) is 0 Å². The maximum absolute atomic E-state index is 5.39. The van der Waals surface area contributed by atoms with Gasteiger partial charge in [0.05, 0.1) is 39.9 Å². The van der Waals surface area contributed by atoms with Gasteiger partial charge >= 0.3 is 0 Å². The van der Waals surface area contributed by atoms with Gasteiger partial charge < -0.3 is 10.2 Å². The summed E-state index contributed by atoms with van der Waals surface area (Å²) < 4.78 is 0. The van der Waals surface area contributed by atoms with Crippen molar-refractivity contribution >= 4 is 17.1 Å². The number of nitrogens with zero attached hydrogens (tertiary/aromatic N) is 4. The summed E-state index contributed by atoms with van der Waals surface area (Å²) >= 11 is 0. The monoisotopic (exact) mass is 598 g/mol. The molecule has 1 radical (unpaired) electrons. The van der Waals surface area contributed by atoms with Crippen molar-refractivity contribution in [1.29, 1.82) is 0 Å². The van der Waals surface area contributed by atoms with Crippen LogP contribution in [-0.4, -0.2) is 27.6 Å². The fourth-order valence-corrected chi connectivity index (χ4v) is 5.70. The summed E-state index contributed by atoms with van der Waals surface area (Å²) in [6, 6.07) is 0. The molecular weight excluding hydrogens is 554 g/mol. The van der Waals surface area contributed by atoms with Gasteiger partial charge in [-0.3, -0.25) is 0 Å². The zero-order valence-corrected chi connectivity index (χ0v) is 27.7. The summed E-state index contributed by atoms with van der Waals surface area (Å²) in [7, 11) is 0. The normalized spacial score (nSPS) is 20.8. The molecule has 6 heteroatoms. The Kier molecular flexibility index (Phi) is 7.63. The van der Waals surface area contributed by atoms with E-state index in [-0.39, 0.29) is 38.9 Å². The molecule has 0 amide bonds. The minimum Gasteiger partial charge on any atom is -0.343 e. The predicted molar refractivity (Wildman–Crippen MR) is 170 cm³/mol. The summed E-state index contributed by atoms with van der Waals surface area (Å²) in [6.07, 6.45) is 16.8. The predicted octanol–water partition coefficient (Wildman–Crippen LogP) is 8.32. The molecule has 5 rings (SSSR count). The Morgan fingerprint density at radius 2 is 1.12 bits per heavy atom. The van der Waals surface area contributed by atoms with Gasteiger partial charge in [-0.15, -0.1) is 0 Å². The van der Waals surface area contributed by atoms with Gasteiger partial charge in [-0.1, -0.05) is 62.3 Å². The van der Waals surface area contributed by atoms with E-state index in [1.165, 1.54) is 22.5 Å². The molecule has 0 spiro atoms. The number of allylic oxidation sites excluding steroid dienone is 11. The molecule has 0 atom stereocenters. The van der Waals surface area contributed by atoms with Crippen LogP contribution in [0.15, 0.2) is 109 Å². The minimum absolute atomic E-state index is 0. The largest absolute Gasteiger partial charge is 0.343 e. The fourth-order valence-electron chi connectivity index (χ4n) is 5.70. The number of aliphatic imine (C=N–C) groups is 3. The van der Waals surface area contributed by atoms with Crippen molar-refractivity contribution in [2.75, 3.05) is 0 Å². The van der Waals surface area contributed by atoms with Crippen LogP contribution in [0.1, 0.15) is 83.1 Å². The van der Waals surface area contributed by atoms with E-state index in [4.69, 9.17) is 15.0 Å². The summed E-state index contributed by atoms with van der Waals surface area (Å²) in [5.74, 6) is 1.04. The molecule has 1 N–H and O–H groups in total. The molecule has 0 saturated heterocycles. The summed E-state index contributed by atoms with van der Waals surface area (Å²) in [6.45, 7) is 27.5. The number of fused-ring (bicyclic) bond motifs is 5. The third-order valence-corrected chi connectivity index (χ3v) is 7.44. The average molecular weight is 599 g/mol. The first-order valence-corrected chi connectivity index (χ1v) is 14.4. The van der Waals surface area contributed by atoms with Crippen LogP contribution in [0.25, 0.3) is 0 Å². The Morgan fingerprint density at radius 1 is 0.585 bits per heavy atom. The van der Waals surface area contributed by atoms with Crippen molar-refractivity contribution in [1.82, 2.24) is 10.2 Å². The zero-order chi connectivity index (χ0) is 29.4. The number of rotatable bonds is 0. The van der Waals surface area contributed by atoms with Crippen LogP contribution in [0.2, 0.25) is 0 Å². The van der Waals surface area contributed by atoms with Crippen LogP contribution < -0.4 is 5.32 Å². The van der Waals surface area contributed by atoms with Gasteiger partial charge in [0.2, 0.25) is 0 Å². The van der Waals surface area contributed by atoms with E-state index in [0.29, 0.717) is 0 Å². The molecule has 5 nitrogen and oxygen atoms in total. The van der Waals surface area contributed by atoms with E-state index in [1.807, 2.05) is 12.2 Å². The van der Waals surface area contributed by atoms with Gasteiger partial charge in [-0.25, -0.2) is 15.0 Å². The van der Waals surface area contributed by atoms with Gasteiger partial charge in [0, 0.05) is 45.4 Å². The molecule has 0 aromatic rings. The molecule has 0 saturated carbocycles. The Morgan fingerprint density at radius 3 is 1.61 bits per heavy atom. The first-order valence-electron chi connectivity index (χ1n) is 14.4. The third kappa shape index (κ3) is 6.01. The van der Waals surface area contributed by atoms with E-state index in [1.54, 1.807) is 0 Å². The zero-order valence-electron chi connectivity index (χ0n) is 26.7. The molecule has 41 heavy (non-hydrogen) atoms. The molecule has 8 bridgehead atoms. The molecule has 0 aromatic carbocycles. The van der Waals surface area contributed by atoms with Crippen molar-refractivity contribution < 1.29 is 17.1 Å². The standard InChI is InChI=1S/C35H45N5.Cu/c1-32(2,3)26-19-25-18-23-14-13-21(36-23)17-22-15-16-24(37-22)20-27-39-31(34(7,8)9)30(40(27)35(10,11)12)28(29(26)38-25)33(4,5)6;/h13-20,39H,1-12H3;. The SMILES string of the molecule is CC(C)(C)C1=CC2=NC1=C(C(C)(C)C)C1=C(C(C)(C)C)NC(=CC3=NC(=CC4=NC(=C2)C=C4)C=C3)N1C(C)(C)C.[Cu]. The van der Waals surface area contributed by atoms with E-state index in [2.05, 4.69) is 130 Å². The van der Waals surface area contributed by atoms with E-state index >= 15 is 0 Å². The molecule has 221 valence electrons. The van der Waals surface area contributed by atoms with Crippen molar-refractivity contribution in [2.45, 2.75) is 88.6 Å². The molecule has 0 aliphatic carbocycles. The van der Waals surface area contributed by atoms with Crippen LogP contribution in [0.4, 0.5) is 0 Å². The van der Waals surface area contributed by atoms with E-state index in [0.717, 1.165) is 40.0 Å². The molecule has 0 unspecified atom stereocenters. The summed E-state index contributed by atoms with van der Waals surface area (Å²) in [5, 5.41) is 3.89. The Labute approximate surface area is 257 Å². The molecule has 5 heterocycles. The van der Waals surface area contributed by atoms with Crippen LogP contribution in [0.5, 0.6) is 0 Å². The molecule has 5 aliphatic rings. The molecular formula is C35H45CuN5. The average Bonchev–Trinajstić information content (AvgIpc) is 3.53. The number of hydrogen-bond donors (Lipinski definition) is 1. The second-order valence-electron chi connectivity index (χ2n) is 15.3. The Balaban J connectivity index is 0.00000387. The summed E-state index contributed by atoms with van der Waals surface area (Å²) in [4.78, 5) is 17.7. The first kappa shape index (κ1) is 31.0. The summed E-state index contributed by atoms with van der Waals surface area (Å²) in [5.41, 5.74) is 9.93. The second kappa shape index (κ2) is 10.1. The van der Waals surface area contributed by atoms with Crippen molar-refractivity contribution in [3.63, 3.8) is 0 Å². The fraction of sp³-hybridized carbons (Fsp3) is 0.457. The van der Waals surface area contributed by atoms with Crippen LogP contribution in [-0.2, 0) is 17.1 Å². The first-order chi connectivity index (χ1) is 18.3. The van der Waals surface area contributed by atoms with Crippen LogP contribution in [0, 0.1) is 16.2 Å². The number of hydrogen-bond acceptors (Lipinski definition) is 5. The van der Waals surface area contributed by atoms with Crippen molar-refractivity contribution in [3.05, 3.63) is 94.1 Å². The molecule has 0 aromatic heterocycles. The van der Waals surface area contributed by atoms with Crippen molar-refractivity contribution in [2.24, 2.45) is 31.2 Å². The van der Waals surface area contributed by atoms with Gasteiger partial charge in [-0.05, 0) is 79.7 Å². The number of nitrogens with one attached hydrogen (secondary N) is 1. The van der Waals surface area contributed by atoms with Crippen molar-refractivity contribution in [3.8, 4) is 0 Å². The maximum Gasteiger partial charge on any atom is 0.113 e. The Hall–Kier alpha value is -2.95. The second-order valence-corrected chi connectivity index (χ2v) is 15.3. The topological polar surface area (TPSA) is 52.4 Å². The molecule has 0 fully saturated rings. The van der Waals surface area contributed by atoms with Crippen LogP contribution in [0.3, 0.4) is 0 Å². The smallest absolute Gasteiger partial charge is 0.113 e. The third-order valence-electron chi connectivity index (χ3n) is 7.44. The van der Waals surface area contributed by atoms with Gasteiger partial charge in [0.1, 0.15) is 5.82 Å². The van der Waals surface area contributed by atoms with Crippen LogP contribution >= 0.6 is 0 Å². The minimum atomic E-state index is -0.207.